The fraction of sp³-hybridized carbons (Fsp3) is 0.500. The van der Waals surface area contributed by atoms with Gasteiger partial charge in [0, 0.05) is 20.0 Å². The summed E-state index contributed by atoms with van der Waals surface area (Å²) in [6, 6.07) is 0. The van der Waals surface area contributed by atoms with Gasteiger partial charge in [0.05, 0.1) is 0 Å². The van der Waals surface area contributed by atoms with Crippen molar-refractivity contribution in [3.63, 3.8) is 0 Å². The van der Waals surface area contributed by atoms with Crippen LogP contribution < -0.4 is 22.5 Å². The zero-order valence-electron chi connectivity index (χ0n) is 11.7. The normalized spacial score (nSPS) is 11.5. The smallest absolute Gasteiger partial charge is 0.301 e. The van der Waals surface area contributed by atoms with Gasteiger partial charge in [0.2, 0.25) is 6.43 Å². The molecule has 0 atom stereocenters. The average molecular weight is 316 g/mol. The van der Waals surface area contributed by atoms with Gasteiger partial charge in [0.1, 0.15) is 11.0 Å². The predicted octanol–water partition coefficient (Wildman–Crippen LogP) is -0.488. The maximum Gasteiger partial charge on any atom is 0.331 e. The molecule has 0 amide bonds. The van der Waals surface area contributed by atoms with E-state index in [0.29, 0.717) is 0 Å². The van der Waals surface area contributed by atoms with Gasteiger partial charge in [-0.3, -0.25) is 23.7 Å². The summed E-state index contributed by atoms with van der Waals surface area (Å²) in [5.41, 5.74) is -3.83. The second-order valence-electron chi connectivity index (χ2n) is 4.82. The number of hydrogen-bond acceptors (Lipinski definition) is 4. The lowest BCUT2D eigenvalue weighted by Crippen LogP contribution is -2.42. The summed E-state index contributed by atoms with van der Waals surface area (Å²) < 4.78 is 26.0. The molecule has 2 rings (SSSR count). The molecular weight excluding hydrogens is 302 g/mol. The standard InChI is InChI=1S/C12H14F2N4O4/c1-17-10(20)7-8(9(19)16-11(21)15-7)18(12(17)22)5-3-2-4-6(13)14/h6H,2-5H2,1H3,(H2,15,16,19,21). The summed E-state index contributed by atoms with van der Waals surface area (Å²) in [6.45, 7) is -0.00863. The Labute approximate surface area is 121 Å². The molecule has 0 radical (unpaired) electrons. The summed E-state index contributed by atoms with van der Waals surface area (Å²) in [6.07, 6.45) is -2.36. The van der Waals surface area contributed by atoms with Crippen LogP contribution in [0.1, 0.15) is 19.3 Å². The molecule has 0 unspecified atom stereocenters. The van der Waals surface area contributed by atoms with Crippen LogP contribution in [0.4, 0.5) is 8.78 Å². The van der Waals surface area contributed by atoms with Gasteiger partial charge in [-0.05, 0) is 12.8 Å². The first-order valence-electron chi connectivity index (χ1n) is 6.57. The van der Waals surface area contributed by atoms with Gasteiger partial charge >= 0.3 is 11.4 Å². The molecule has 0 aliphatic heterocycles. The van der Waals surface area contributed by atoms with Gasteiger partial charge in [0.25, 0.3) is 11.1 Å². The monoisotopic (exact) mass is 316 g/mol. The molecule has 8 nitrogen and oxygen atoms in total. The highest BCUT2D eigenvalue weighted by molar-refractivity contribution is 5.71. The molecule has 2 aromatic heterocycles. The number of halogens is 2. The topological polar surface area (TPSA) is 110 Å². The largest absolute Gasteiger partial charge is 0.331 e. The molecule has 2 aromatic rings. The highest BCUT2D eigenvalue weighted by atomic mass is 19.3. The molecular formula is C12H14F2N4O4. The lowest BCUT2D eigenvalue weighted by molar-refractivity contribution is 0.133. The average Bonchev–Trinajstić information content (AvgIpc) is 2.44. The van der Waals surface area contributed by atoms with Crippen LogP contribution in [0.25, 0.3) is 11.0 Å². The number of hydrogen-bond donors (Lipinski definition) is 2. The van der Waals surface area contributed by atoms with Crippen molar-refractivity contribution < 1.29 is 8.78 Å². The van der Waals surface area contributed by atoms with Crippen LogP contribution in [-0.2, 0) is 13.6 Å². The van der Waals surface area contributed by atoms with E-state index >= 15 is 0 Å². The zero-order valence-corrected chi connectivity index (χ0v) is 11.7. The molecule has 10 heteroatoms. The van der Waals surface area contributed by atoms with Crippen LogP contribution in [0.2, 0.25) is 0 Å². The van der Waals surface area contributed by atoms with Crippen LogP contribution in [0, 0.1) is 0 Å². The number of aromatic nitrogens is 4. The third kappa shape index (κ3) is 2.90. The summed E-state index contributed by atoms with van der Waals surface area (Å²) in [5, 5.41) is 0. The second kappa shape index (κ2) is 6.08. The van der Waals surface area contributed by atoms with Gasteiger partial charge in [-0.2, -0.15) is 0 Å². The summed E-state index contributed by atoms with van der Waals surface area (Å²) >= 11 is 0. The molecule has 2 heterocycles. The number of rotatable bonds is 5. The summed E-state index contributed by atoms with van der Waals surface area (Å²) in [4.78, 5) is 51.3. The zero-order chi connectivity index (χ0) is 16.4. The van der Waals surface area contributed by atoms with Crippen molar-refractivity contribution in [2.45, 2.75) is 32.2 Å². The Bertz CT molecular complexity index is 922. The molecule has 0 bridgehead atoms. The van der Waals surface area contributed by atoms with E-state index in [2.05, 4.69) is 4.98 Å². The van der Waals surface area contributed by atoms with Crippen LogP contribution in [0.3, 0.4) is 0 Å². The number of alkyl halides is 2. The Kier molecular flexibility index (Phi) is 4.38. The first-order chi connectivity index (χ1) is 10.3. The maximum absolute atomic E-state index is 12.1. The highest BCUT2D eigenvalue weighted by Crippen LogP contribution is 2.07. The van der Waals surface area contributed by atoms with Gasteiger partial charge in [-0.15, -0.1) is 0 Å². The van der Waals surface area contributed by atoms with Crippen molar-refractivity contribution in [1.29, 1.82) is 0 Å². The van der Waals surface area contributed by atoms with Crippen LogP contribution in [0.15, 0.2) is 19.2 Å². The number of nitrogens with zero attached hydrogens (tertiary/aromatic N) is 2. The SMILES string of the molecule is Cn1c(=O)c2[nH]c(=O)[nH]c(=O)c2n(CCCCC(F)F)c1=O. The number of nitrogens with one attached hydrogen (secondary N) is 2. The predicted molar refractivity (Wildman–Crippen MR) is 74.5 cm³/mol. The highest BCUT2D eigenvalue weighted by Gasteiger charge is 2.15. The van der Waals surface area contributed by atoms with E-state index in [1.807, 2.05) is 4.98 Å². The van der Waals surface area contributed by atoms with Crippen LogP contribution in [-0.4, -0.2) is 25.5 Å². The summed E-state index contributed by atoms with van der Waals surface area (Å²) in [7, 11) is 1.21. The Morgan fingerprint density at radius 2 is 1.77 bits per heavy atom. The van der Waals surface area contributed by atoms with E-state index in [-0.39, 0.29) is 36.8 Å². The minimum Gasteiger partial charge on any atom is -0.301 e. The van der Waals surface area contributed by atoms with E-state index in [0.717, 1.165) is 9.13 Å². The number of aryl methyl sites for hydroxylation is 1. The quantitative estimate of drug-likeness (QED) is 0.725. The Balaban J connectivity index is 2.58. The molecule has 0 saturated carbocycles. The molecule has 0 aliphatic rings. The molecule has 0 aromatic carbocycles. The van der Waals surface area contributed by atoms with E-state index in [1.165, 1.54) is 7.05 Å². The fourth-order valence-electron chi connectivity index (χ4n) is 2.20. The maximum atomic E-state index is 12.1. The fourth-order valence-corrected chi connectivity index (χ4v) is 2.20. The van der Waals surface area contributed by atoms with E-state index in [1.54, 1.807) is 0 Å². The van der Waals surface area contributed by atoms with E-state index in [9.17, 15) is 28.0 Å². The Hall–Kier alpha value is -2.52. The molecule has 0 fully saturated rings. The van der Waals surface area contributed by atoms with Crippen molar-refractivity contribution in [2.75, 3.05) is 0 Å². The molecule has 0 saturated heterocycles. The van der Waals surface area contributed by atoms with Gasteiger partial charge in [-0.1, -0.05) is 0 Å². The van der Waals surface area contributed by atoms with Crippen LogP contribution in [0.5, 0.6) is 0 Å². The molecule has 22 heavy (non-hydrogen) atoms. The first kappa shape index (κ1) is 15.9. The Morgan fingerprint density at radius 1 is 1.09 bits per heavy atom. The Morgan fingerprint density at radius 3 is 2.41 bits per heavy atom. The van der Waals surface area contributed by atoms with Crippen molar-refractivity contribution >= 4 is 11.0 Å². The van der Waals surface area contributed by atoms with Gasteiger partial charge < -0.3 is 4.98 Å². The minimum absolute atomic E-state index is 0.00863. The van der Waals surface area contributed by atoms with Crippen molar-refractivity contribution in [1.82, 2.24) is 19.1 Å². The number of H-pyrrole nitrogens is 2. The molecule has 0 aliphatic carbocycles. The van der Waals surface area contributed by atoms with Crippen molar-refractivity contribution in [3.8, 4) is 0 Å². The molecule has 2 N–H and O–H groups in total. The van der Waals surface area contributed by atoms with Gasteiger partial charge in [-0.25, -0.2) is 18.4 Å². The molecule has 120 valence electrons. The first-order valence-corrected chi connectivity index (χ1v) is 6.57. The number of unbranched alkanes of at least 4 members (excludes halogenated alkanes) is 1. The number of aromatic amines is 2. The summed E-state index contributed by atoms with van der Waals surface area (Å²) in [5.74, 6) is 0. The molecule has 0 spiro atoms. The lowest BCUT2D eigenvalue weighted by atomic mass is 10.2. The van der Waals surface area contributed by atoms with Gasteiger partial charge in [0.15, 0.2) is 0 Å². The second-order valence-corrected chi connectivity index (χ2v) is 4.82. The van der Waals surface area contributed by atoms with E-state index in [4.69, 9.17) is 0 Å². The van der Waals surface area contributed by atoms with Crippen molar-refractivity contribution in [2.24, 2.45) is 7.05 Å². The third-order valence-electron chi connectivity index (χ3n) is 3.28. The van der Waals surface area contributed by atoms with E-state index < -0.39 is 28.9 Å². The lowest BCUT2D eigenvalue weighted by Gasteiger charge is -2.10. The van der Waals surface area contributed by atoms with Crippen molar-refractivity contribution in [3.05, 3.63) is 41.7 Å². The minimum atomic E-state index is -2.44. The number of fused-ring (bicyclic) bond motifs is 1. The third-order valence-corrected chi connectivity index (χ3v) is 3.28. The van der Waals surface area contributed by atoms with Crippen LogP contribution >= 0.6 is 0 Å².